The van der Waals surface area contributed by atoms with Crippen LogP contribution < -0.4 is 0 Å². The Morgan fingerprint density at radius 1 is 0.908 bits per heavy atom. The smallest absolute Gasteiger partial charge is 0.309 e. The number of epoxide rings is 1. The van der Waals surface area contributed by atoms with Crippen LogP contribution in [-0.4, -0.2) is 164 Å². The van der Waals surface area contributed by atoms with E-state index in [1.165, 1.54) is 7.11 Å². The number of carbonyl (C=O) groups excluding carboxylic acids is 3. The van der Waals surface area contributed by atoms with Gasteiger partial charge in [-0.25, -0.2) is 0 Å². The summed E-state index contributed by atoms with van der Waals surface area (Å²) in [5, 5.41) is 23.9. The minimum atomic E-state index is -2.13. The molecule has 9 unspecified atom stereocenters. The van der Waals surface area contributed by atoms with E-state index in [0.29, 0.717) is 17.3 Å². The van der Waals surface area contributed by atoms with Gasteiger partial charge in [0.25, 0.3) is 0 Å². The van der Waals surface area contributed by atoms with Crippen molar-refractivity contribution >= 4 is 48.8 Å². The number of hydrogen-bond donors (Lipinski definition) is 2. The number of hydrogen-bond acceptors (Lipinski definition) is 16. The van der Waals surface area contributed by atoms with Crippen LogP contribution in [0.25, 0.3) is 0 Å². The highest BCUT2D eigenvalue weighted by Gasteiger charge is 2.66. The minimum Gasteiger partial charge on any atom is -0.462 e. The monoisotopic (exact) mass is 1050 g/mol. The summed E-state index contributed by atoms with van der Waals surface area (Å²) in [5.41, 5.74) is -2.55. The van der Waals surface area contributed by atoms with Crippen molar-refractivity contribution in [1.29, 1.82) is 0 Å². The van der Waals surface area contributed by atoms with Crippen LogP contribution in [0.3, 0.4) is 0 Å². The summed E-state index contributed by atoms with van der Waals surface area (Å²) in [6.45, 7) is 19.0. The van der Waals surface area contributed by atoms with Gasteiger partial charge in [0, 0.05) is 37.2 Å². The van der Waals surface area contributed by atoms with Gasteiger partial charge >= 0.3 is 17.9 Å². The van der Waals surface area contributed by atoms with Gasteiger partial charge in [-0.05, 0) is 72.3 Å². The predicted molar refractivity (Wildman–Crippen MR) is 254 cm³/mol. The van der Waals surface area contributed by atoms with E-state index in [1.807, 2.05) is 51.1 Å². The number of allylic oxidation sites excluding steroid dienone is 2. The first kappa shape index (κ1) is 56.0. The van der Waals surface area contributed by atoms with Gasteiger partial charge in [0.05, 0.1) is 36.9 Å². The highest BCUT2D eigenvalue weighted by atomic mass is 127. The number of aliphatic hydroxyl groups is 2. The molecule has 3 fully saturated rings. The molecule has 0 bridgehead atoms. The molecule has 2 N–H and O–H groups in total. The molecule has 1 spiro atoms. The SMILES string of the molecule is CCC(=O)OC1C(C)OC(OC2C(C)OC(O[C@@H]3[C@@H](OC)[C@H](OC(=O)CC)CC(=O)O[C@H](C)C/C=C/C=C/[C@H](O[Si](CC)(CC)CC)[C@H](C)C[C@@]34O[C@H]4CI)C(O)C2N(C)C)CC1(C)O. The minimum absolute atomic E-state index is 0.0145. The van der Waals surface area contributed by atoms with E-state index in [2.05, 4.69) is 56.4 Å². The molecule has 0 aromatic heterocycles. The molecule has 4 heterocycles. The Balaban J connectivity index is 1.78. The summed E-state index contributed by atoms with van der Waals surface area (Å²) in [6, 6.07) is 2.15. The van der Waals surface area contributed by atoms with Crippen LogP contribution in [0.5, 0.6) is 0 Å². The van der Waals surface area contributed by atoms with Gasteiger partial charge in [-0.2, -0.15) is 0 Å². The van der Waals surface area contributed by atoms with Gasteiger partial charge < -0.3 is 62.2 Å². The number of halogens is 1. The van der Waals surface area contributed by atoms with Crippen LogP contribution in [0.4, 0.5) is 0 Å². The Kier molecular flexibility index (Phi) is 21.4. The van der Waals surface area contributed by atoms with Gasteiger partial charge in [0.1, 0.15) is 47.8 Å². The molecular weight excluding hydrogens is 973 g/mol. The van der Waals surface area contributed by atoms with E-state index >= 15 is 0 Å². The Bertz CT molecular complexity index is 1590. The molecule has 4 aliphatic heterocycles. The second-order valence-corrected chi connectivity index (χ2v) is 24.4. The lowest BCUT2D eigenvalue weighted by atomic mass is 9.82. The molecule has 0 aliphatic carbocycles. The lowest BCUT2D eigenvalue weighted by molar-refractivity contribution is -0.344. The van der Waals surface area contributed by atoms with Gasteiger partial charge in [0.2, 0.25) is 0 Å². The fourth-order valence-electron chi connectivity index (χ4n) is 9.69. The largest absolute Gasteiger partial charge is 0.462 e. The van der Waals surface area contributed by atoms with Crippen molar-refractivity contribution in [2.75, 3.05) is 25.6 Å². The zero-order valence-electron chi connectivity index (χ0n) is 41.1. The van der Waals surface area contributed by atoms with Gasteiger partial charge in [-0.15, -0.1) is 0 Å². The first-order valence-electron chi connectivity index (χ1n) is 23.7. The van der Waals surface area contributed by atoms with E-state index in [-0.39, 0.29) is 43.8 Å². The maximum atomic E-state index is 13.7. The molecule has 0 amide bonds. The molecule has 374 valence electrons. The van der Waals surface area contributed by atoms with Crippen molar-refractivity contribution < 1.29 is 71.7 Å². The normalized spacial score (nSPS) is 40.8. The number of alkyl halides is 1. The molecule has 17 atom stereocenters. The lowest BCUT2D eigenvalue weighted by Gasteiger charge is -2.50. The zero-order chi connectivity index (χ0) is 48.4. The maximum Gasteiger partial charge on any atom is 0.309 e. The molecule has 65 heavy (non-hydrogen) atoms. The second-order valence-electron chi connectivity index (χ2n) is 18.8. The van der Waals surface area contributed by atoms with Crippen LogP contribution in [0, 0.1) is 5.92 Å². The molecule has 0 aromatic rings. The summed E-state index contributed by atoms with van der Waals surface area (Å²) in [5.74, 6) is -1.69. The third kappa shape index (κ3) is 14.0. The Labute approximate surface area is 402 Å². The summed E-state index contributed by atoms with van der Waals surface area (Å²) in [7, 11) is 2.97. The van der Waals surface area contributed by atoms with Crippen LogP contribution in [0.2, 0.25) is 18.1 Å². The quantitative estimate of drug-likeness (QED) is 0.0446. The highest BCUT2D eigenvalue weighted by molar-refractivity contribution is 14.1. The number of nitrogens with zero attached hydrogens (tertiary/aromatic N) is 1. The molecule has 3 saturated heterocycles. The number of ether oxygens (including phenoxy) is 9. The number of likely N-dealkylation sites (N-methyl/N-ethyl adjacent to an activating group) is 1. The predicted octanol–water partition coefficient (Wildman–Crippen LogP) is 6.16. The van der Waals surface area contributed by atoms with Gasteiger partial charge in [-0.3, -0.25) is 14.4 Å². The number of esters is 3. The van der Waals surface area contributed by atoms with Gasteiger partial charge in [0.15, 0.2) is 27.0 Å². The van der Waals surface area contributed by atoms with Crippen molar-refractivity contribution in [1.82, 2.24) is 4.90 Å². The zero-order valence-corrected chi connectivity index (χ0v) is 44.2. The van der Waals surface area contributed by atoms with E-state index < -0.39 is 111 Å². The molecule has 0 radical (unpaired) electrons. The van der Waals surface area contributed by atoms with Crippen LogP contribution in [-0.2, 0) is 61.4 Å². The number of cyclic esters (lactones) is 1. The summed E-state index contributed by atoms with van der Waals surface area (Å²) >= 11 is 2.29. The van der Waals surface area contributed by atoms with Crippen molar-refractivity contribution in [3.05, 3.63) is 24.3 Å². The Hall–Kier alpha value is -1.56. The van der Waals surface area contributed by atoms with E-state index in [1.54, 1.807) is 27.7 Å². The third-order valence-electron chi connectivity index (χ3n) is 13.7. The fraction of sp³-hybridized carbons (Fsp3) is 0.851. The fourth-order valence-corrected chi connectivity index (χ4v) is 13.5. The Morgan fingerprint density at radius 3 is 2.11 bits per heavy atom. The van der Waals surface area contributed by atoms with Crippen molar-refractivity contribution in [3.63, 3.8) is 0 Å². The van der Waals surface area contributed by atoms with E-state index in [0.717, 1.165) is 18.1 Å². The average molecular weight is 1050 g/mol. The summed E-state index contributed by atoms with van der Waals surface area (Å²) in [6.07, 6.45) is -2.38. The average Bonchev–Trinajstić information content (AvgIpc) is 3.97. The number of aliphatic hydroxyl groups excluding tert-OH is 1. The molecule has 0 aromatic carbocycles. The van der Waals surface area contributed by atoms with Crippen molar-refractivity contribution in [2.24, 2.45) is 5.92 Å². The lowest BCUT2D eigenvalue weighted by Crippen LogP contribution is -2.66. The van der Waals surface area contributed by atoms with Crippen LogP contribution >= 0.6 is 22.6 Å². The highest BCUT2D eigenvalue weighted by Crippen LogP contribution is 2.51. The first-order valence-corrected chi connectivity index (χ1v) is 27.8. The second kappa shape index (κ2) is 24.8. The van der Waals surface area contributed by atoms with Gasteiger partial charge in [-0.1, -0.05) is 88.4 Å². The standard InChI is InChI=1S/C47H80INO15Si/c1-14-35(50)59-33-24-37(52)56-29(7)22-20-19-21-23-32(64-65(16-3,17-4)18-5)28(6)25-47(34(27-48)63-47)44(42(33)55-13)62-45-40(53)39(49(11)12)41(30(8)58-45)61-38-26-46(10,54)43(31(9)57-38)60-36(51)15-2/h19-21,23,28-34,38-45,53-54H,14-18,22,24-27H2,1-13H3/b20-19+,23-21+/t28-,29-,30?,31?,32+,33-,34+,38?,39?,40?,41?,42+,43?,44-,45?,46?,47+/m1/s1. The van der Waals surface area contributed by atoms with Crippen molar-refractivity contribution in [2.45, 2.75) is 223 Å². The maximum absolute atomic E-state index is 13.7. The Morgan fingerprint density at radius 2 is 1.55 bits per heavy atom. The van der Waals surface area contributed by atoms with Crippen LogP contribution in [0.1, 0.15) is 108 Å². The molecule has 16 nitrogen and oxygen atoms in total. The topological polar surface area (TPSA) is 191 Å². The number of carbonyl (C=O) groups is 3. The third-order valence-corrected chi connectivity index (χ3v) is 19.2. The number of rotatable bonds is 16. The number of methoxy groups -OCH3 is 1. The van der Waals surface area contributed by atoms with Crippen molar-refractivity contribution in [3.8, 4) is 0 Å². The summed E-state index contributed by atoms with van der Waals surface area (Å²) < 4.78 is 64.7. The van der Waals surface area contributed by atoms with Crippen LogP contribution in [0.15, 0.2) is 24.3 Å². The van der Waals surface area contributed by atoms with E-state index in [9.17, 15) is 24.6 Å². The first-order chi connectivity index (χ1) is 30.7. The molecule has 0 saturated carbocycles. The van der Waals surface area contributed by atoms with E-state index in [4.69, 9.17) is 47.1 Å². The molecule has 18 heteroatoms. The molecule has 4 rings (SSSR count). The molecular formula is C47H80INO15Si. The summed E-state index contributed by atoms with van der Waals surface area (Å²) in [4.78, 5) is 40.9. The molecule has 4 aliphatic rings.